The molecule has 2 heterocycles. The quantitative estimate of drug-likeness (QED) is 0.778. The molecule has 2 amide bonds. The average Bonchev–Trinajstić information content (AvgIpc) is 2.67. The van der Waals surface area contributed by atoms with E-state index in [1.807, 2.05) is 16.7 Å². The van der Waals surface area contributed by atoms with Crippen molar-refractivity contribution >= 4 is 29.3 Å². The average molecular weight is 360 g/mol. The van der Waals surface area contributed by atoms with Gasteiger partial charge in [-0.3, -0.25) is 9.59 Å². The zero-order valence-electron chi connectivity index (χ0n) is 14.6. The molecule has 0 aliphatic carbocycles. The molecule has 1 aromatic carbocycles. The Morgan fingerprint density at radius 3 is 2.60 bits per heavy atom. The summed E-state index contributed by atoms with van der Waals surface area (Å²) in [5.74, 6) is 0.865. The van der Waals surface area contributed by atoms with E-state index in [-0.39, 0.29) is 16.6 Å². The third kappa shape index (κ3) is 3.90. The molecule has 0 aromatic heterocycles. The number of anilines is 1. The Balaban J connectivity index is 1.70. The van der Waals surface area contributed by atoms with Crippen molar-refractivity contribution in [3.63, 3.8) is 0 Å². The Hall–Kier alpha value is -1.79. The number of ether oxygens (including phenoxy) is 1. The van der Waals surface area contributed by atoms with Crippen LogP contribution in [0.2, 0.25) is 0 Å². The van der Waals surface area contributed by atoms with Gasteiger partial charge in [-0.05, 0) is 43.2 Å². The van der Waals surface area contributed by atoms with Gasteiger partial charge in [0, 0.05) is 55.1 Å². The molecule has 0 unspecified atom stereocenters. The van der Waals surface area contributed by atoms with E-state index >= 15 is 0 Å². The molecule has 2 aliphatic rings. The van der Waals surface area contributed by atoms with Crippen LogP contribution in [0.25, 0.3) is 0 Å². The van der Waals surface area contributed by atoms with Gasteiger partial charge in [0.15, 0.2) is 0 Å². The first-order chi connectivity index (χ1) is 12.0. The summed E-state index contributed by atoms with van der Waals surface area (Å²) in [4.78, 5) is 28.0. The molecule has 0 atom stereocenters. The van der Waals surface area contributed by atoms with Crippen LogP contribution in [-0.2, 0) is 9.53 Å². The SMILES string of the molecule is C=CC(=O)N(C)c1ccc(C(=O)N2CCSC3(CCOCC3)C2)cc1. The first-order valence-electron chi connectivity index (χ1n) is 8.56. The van der Waals surface area contributed by atoms with E-state index in [1.54, 1.807) is 31.3 Å². The van der Waals surface area contributed by atoms with Crippen LogP contribution in [0.1, 0.15) is 23.2 Å². The Bertz CT molecular complexity index is 648. The summed E-state index contributed by atoms with van der Waals surface area (Å²) in [6, 6.07) is 7.20. The van der Waals surface area contributed by atoms with Gasteiger partial charge in [-0.1, -0.05) is 6.58 Å². The monoisotopic (exact) mass is 360 g/mol. The minimum absolute atomic E-state index is 0.0652. The van der Waals surface area contributed by atoms with Crippen LogP contribution in [0.5, 0.6) is 0 Å². The van der Waals surface area contributed by atoms with E-state index < -0.39 is 0 Å². The highest BCUT2D eigenvalue weighted by Gasteiger charge is 2.39. The molecule has 5 nitrogen and oxygen atoms in total. The van der Waals surface area contributed by atoms with Gasteiger partial charge in [0.1, 0.15) is 0 Å². The minimum Gasteiger partial charge on any atom is -0.381 e. The molecule has 134 valence electrons. The molecular formula is C19H24N2O3S. The number of hydrogen-bond acceptors (Lipinski definition) is 4. The van der Waals surface area contributed by atoms with E-state index in [0.29, 0.717) is 5.56 Å². The van der Waals surface area contributed by atoms with Crippen LogP contribution in [0.15, 0.2) is 36.9 Å². The molecular weight excluding hydrogens is 336 g/mol. The molecule has 25 heavy (non-hydrogen) atoms. The molecule has 0 radical (unpaired) electrons. The van der Waals surface area contributed by atoms with Crippen LogP contribution in [0, 0.1) is 0 Å². The molecule has 0 bridgehead atoms. The molecule has 3 rings (SSSR count). The molecule has 2 fully saturated rings. The third-order valence-corrected chi connectivity index (χ3v) is 6.48. The lowest BCUT2D eigenvalue weighted by atomic mass is 9.97. The second kappa shape index (κ2) is 7.62. The molecule has 2 aliphatic heterocycles. The lowest BCUT2D eigenvalue weighted by molar-refractivity contribution is -0.113. The number of likely N-dealkylation sites (N-methyl/N-ethyl adjacent to an activating group) is 1. The zero-order valence-corrected chi connectivity index (χ0v) is 15.4. The summed E-state index contributed by atoms with van der Waals surface area (Å²) in [5, 5.41) is 0. The summed E-state index contributed by atoms with van der Waals surface area (Å²) in [6.07, 6.45) is 3.29. The summed E-state index contributed by atoms with van der Waals surface area (Å²) in [6.45, 7) is 6.63. The standard InChI is InChI=1S/C19H24N2O3S/c1-3-17(22)20(2)16-6-4-15(5-7-16)18(23)21-10-13-25-19(14-21)8-11-24-12-9-19/h3-7H,1,8-14H2,2H3. The fourth-order valence-corrected chi connectivity index (χ4v) is 4.79. The van der Waals surface area contributed by atoms with Crippen molar-refractivity contribution in [2.75, 3.05) is 44.0 Å². The van der Waals surface area contributed by atoms with E-state index in [2.05, 4.69) is 6.58 Å². The Morgan fingerprint density at radius 1 is 1.28 bits per heavy atom. The number of benzene rings is 1. The predicted octanol–water partition coefficient (Wildman–Crippen LogP) is 2.57. The number of carbonyl (C=O) groups excluding carboxylic acids is 2. The maximum absolute atomic E-state index is 12.9. The number of nitrogens with zero attached hydrogens (tertiary/aromatic N) is 2. The highest BCUT2D eigenvalue weighted by atomic mass is 32.2. The van der Waals surface area contributed by atoms with Crippen molar-refractivity contribution in [3.05, 3.63) is 42.5 Å². The van der Waals surface area contributed by atoms with E-state index in [1.165, 1.54) is 11.0 Å². The Kier molecular flexibility index (Phi) is 5.49. The fourth-order valence-electron chi connectivity index (χ4n) is 3.34. The van der Waals surface area contributed by atoms with Gasteiger partial charge in [-0.15, -0.1) is 0 Å². The van der Waals surface area contributed by atoms with Gasteiger partial charge in [0.2, 0.25) is 5.91 Å². The third-order valence-electron chi connectivity index (χ3n) is 4.95. The first kappa shape index (κ1) is 18.0. The van der Waals surface area contributed by atoms with Crippen LogP contribution >= 0.6 is 11.8 Å². The van der Waals surface area contributed by atoms with Gasteiger partial charge in [-0.2, -0.15) is 11.8 Å². The van der Waals surface area contributed by atoms with Gasteiger partial charge in [0.05, 0.1) is 0 Å². The van der Waals surface area contributed by atoms with Crippen molar-refractivity contribution in [3.8, 4) is 0 Å². The minimum atomic E-state index is -0.173. The van der Waals surface area contributed by atoms with Gasteiger partial charge < -0.3 is 14.5 Å². The number of rotatable bonds is 3. The van der Waals surface area contributed by atoms with Crippen molar-refractivity contribution in [2.24, 2.45) is 0 Å². The lowest BCUT2D eigenvalue weighted by Crippen LogP contribution is -2.51. The van der Waals surface area contributed by atoms with Crippen molar-refractivity contribution in [1.82, 2.24) is 4.90 Å². The summed E-state index contributed by atoms with van der Waals surface area (Å²) in [5.41, 5.74) is 1.41. The second-order valence-electron chi connectivity index (χ2n) is 6.52. The lowest BCUT2D eigenvalue weighted by Gasteiger charge is -2.44. The van der Waals surface area contributed by atoms with Crippen LogP contribution in [0.4, 0.5) is 5.69 Å². The number of thioether (sulfide) groups is 1. The second-order valence-corrected chi connectivity index (χ2v) is 8.08. The van der Waals surface area contributed by atoms with Crippen LogP contribution < -0.4 is 4.90 Å². The van der Waals surface area contributed by atoms with Crippen LogP contribution in [-0.4, -0.2) is 60.6 Å². The number of carbonyl (C=O) groups is 2. The van der Waals surface area contributed by atoms with Crippen LogP contribution in [0.3, 0.4) is 0 Å². The number of amides is 2. The smallest absolute Gasteiger partial charge is 0.253 e. The van der Waals surface area contributed by atoms with Crippen molar-refractivity contribution < 1.29 is 14.3 Å². The first-order valence-corrected chi connectivity index (χ1v) is 9.54. The summed E-state index contributed by atoms with van der Waals surface area (Å²) >= 11 is 1.99. The highest BCUT2D eigenvalue weighted by molar-refractivity contribution is 8.00. The van der Waals surface area contributed by atoms with Gasteiger partial charge in [0.25, 0.3) is 5.91 Å². The van der Waals surface area contributed by atoms with E-state index in [4.69, 9.17) is 4.74 Å². The molecule has 0 saturated carbocycles. The maximum atomic E-state index is 12.9. The number of hydrogen-bond donors (Lipinski definition) is 0. The molecule has 0 N–H and O–H groups in total. The topological polar surface area (TPSA) is 49.9 Å². The largest absolute Gasteiger partial charge is 0.381 e. The summed E-state index contributed by atoms with van der Waals surface area (Å²) in [7, 11) is 1.69. The van der Waals surface area contributed by atoms with Crippen molar-refractivity contribution in [2.45, 2.75) is 17.6 Å². The fraction of sp³-hybridized carbons (Fsp3) is 0.474. The molecule has 1 aromatic rings. The molecule has 2 saturated heterocycles. The van der Waals surface area contributed by atoms with E-state index in [9.17, 15) is 9.59 Å². The highest BCUT2D eigenvalue weighted by Crippen LogP contribution is 2.39. The Morgan fingerprint density at radius 2 is 1.96 bits per heavy atom. The Labute approximate surface area is 153 Å². The van der Waals surface area contributed by atoms with Gasteiger partial charge >= 0.3 is 0 Å². The summed E-state index contributed by atoms with van der Waals surface area (Å²) < 4.78 is 5.64. The normalized spacial score (nSPS) is 19.5. The molecule has 1 spiro atoms. The predicted molar refractivity (Wildman–Crippen MR) is 101 cm³/mol. The van der Waals surface area contributed by atoms with E-state index in [0.717, 1.165) is 50.6 Å². The maximum Gasteiger partial charge on any atom is 0.253 e. The zero-order chi connectivity index (χ0) is 17.9. The van der Waals surface area contributed by atoms with Crippen molar-refractivity contribution in [1.29, 1.82) is 0 Å². The van der Waals surface area contributed by atoms with Gasteiger partial charge in [-0.25, -0.2) is 0 Å². The molecule has 6 heteroatoms.